The summed E-state index contributed by atoms with van der Waals surface area (Å²) in [6.07, 6.45) is 0. The first kappa shape index (κ1) is 24.7. The second-order valence-electron chi connectivity index (χ2n) is 9.36. The Bertz CT molecular complexity index is 1490. The third-order valence-electron chi connectivity index (χ3n) is 5.57. The number of nitrogens with zero attached hydrogens (tertiary/aromatic N) is 2. The van der Waals surface area contributed by atoms with Crippen molar-refractivity contribution in [3.8, 4) is 5.75 Å². The van der Waals surface area contributed by atoms with Crippen LogP contribution in [0.4, 0.5) is 5.69 Å². The quantitative estimate of drug-likeness (QED) is 0.397. The number of methoxy groups -OCH3 is 1. The molecular weight excluding hydrogens is 462 g/mol. The zero-order valence-corrected chi connectivity index (χ0v) is 20.7. The summed E-state index contributed by atoms with van der Waals surface area (Å²) in [6.45, 7) is 7.80. The van der Waals surface area contributed by atoms with Gasteiger partial charge in [-0.25, -0.2) is 9.78 Å². The van der Waals surface area contributed by atoms with Gasteiger partial charge in [-0.15, -0.1) is 4.57 Å². The molecule has 2 heterocycles. The molecule has 0 spiro atoms. The highest BCUT2D eigenvalue weighted by Gasteiger charge is 2.17. The van der Waals surface area contributed by atoms with Crippen molar-refractivity contribution in [3.05, 3.63) is 93.1 Å². The first-order valence-corrected chi connectivity index (χ1v) is 11.3. The molecule has 1 amide bonds. The number of carbonyl (C=O) groups is 2. The van der Waals surface area contributed by atoms with Gasteiger partial charge in [0.2, 0.25) is 0 Å². The van der Waals surface area contributed by atoms with E-state index in [-0.39, 0.29) is 29.2 Å². The fourth-order valence-electron chi connectivity index (χ4n) is 3.62. The molecule has 186 valence electrons. The number of hydrogen-bond donors (Lipinski definition) is 1. The number of amides is 1. The number of ether oxygens (including phenoxy) is 2. The van der Waals surface area contributed by atoms with Crippen LogP contribution in [0.3, 0.4) is 0 Å². The zero-order valence-electron chi connectivity index (χ0n) is 20.7. The number of esters is 1. The Morgan fingerprint density at radius 1 is 1.03 bits per heavy atom. The van der Waals surface area contributed by atoms with Crippen molar-refractivity contribution in [1.82, 2.24) is 9.56 Å². The summed E-state index contributed by atoms with van der Waals surface area (Å²) in [5.41, 5.74) is 2.28. The standard InChI is InChI=1S/C27H27N3O6/c1-16-12-23-28-20(14-24(31)30(23)36-16)15-35-26(33)18-8-11-22(34-5)21(13-18)29-25(32)17-6-9-19(10-7-17)27(2,3)4/h6-14H,15H2,1-5H3,(H,29,32). The van der Waals surface area contributed by atoms with Crippen LogP contribution in [-0.4, -0.2) is 28.5 Å². The van der Waals surface area contributed by atoms with E-state index >= 15 is 0 Å². The Hall–Kier alpha value is -4.40. The van der Waals surface area contributed by atoms with Gasteiger partial charge >= 0.3 is 5.97 Å². The maximum atomic E-state index is 12.8. The topological polar surface area (TPSA) is 112 Å². The second kappa shape index (κ2) is 9.69. The fourth-order valence-corrected chi connectivity index (χ4v) is 3.62. The molecule has 9 nitrogen and oxygen atoms in total. The summed E-state index contributed by atoms with van der Waals surface area (Å²) in [5.74, 6) is -0.0610. The molecule has 0 radical (unpaired) electrons. The minimum atomic E-state index is -0.645. The molecule has 0 saturated heterocycles. The number of benzene rings is 2. The van der Waals surface area contributed by atoms with Crippen LogP contribution >= 0.6 is 0 Å². The fraction of sp³-hybridized carbons (Fsp3) is 0.259. The van der Waals surface area contributed by atoms with E-state index in [1.165, 1.54) is 25.3 Å². The van der Waals surface area contributed by atoms with Crippen molar-refractivity contribution in [2.75, 3.05) is 12.4 Å². The van der Waals surface area contributed by atoms with E-state index in [4.69, 9.17) is 14.0 Å². The van der Waals surface area contributed by atoms with Crippen LogP contribution in [0, 0.1) is 6.92 Å². The maximum absolute atomic E-state index is 12.8. The molecular formula is C27H27N3O6. The highest BCUT2D eigenvalue weighted by atomic mass is 16.5. The number of aryl methyl sites for hydroxylation is 1. The molecule has 4 aromatic rings. The summed E-state index contributed by atoms with van der Waals surface area (Å²) in [5, 5.41) is 2.80. The third kappa shape index (κ3) is 5.30. The molecule has 0 aliphatic heterocycles. The van der Waals surface area contributed by atoms with Crippen LogP contribution in [0.5, 0.6) is 5.75 Å². The second-order valence-corrected chi connectivity index (χ2v) is 9.36. The minimum absolute atomic E-state index is 0.0280. The lowest BCUT2D eigenvalue weighted by molar-refractivity contribution is 0.0467. The van der Waals surface area contributed by atoms with Crippen molar-refractivity contribution >= 4 is 23.2 Å². The van der Waals surface area contributed by atoms with Gasteiger partial charge in [0.05, 0.1) is 24.1 Å². The lowest BCUT2D eigenvalue weighted by atomic mass is 9.87. The molecule has 0 aliphatic carbocycles. The number of aromatic nitrogens is 2. The van der Waals surface area contributed by atoms with Gasteiger partial charge in [-0.1, -0.05) is 32.9 Å². The van der Waals surface area contributed by atoms with Gasteiger partial charge in [0.15, 0.2) is 5.65 Å². The largest absolute Gasteiger partial charge is 0.495 e. The van der Waals surface area contributed by atoms with E-state index < -0.39 is 11.5 Å². The predicted octanol–water partition coefficient (Wildman–Crippen LogP) is 4.51. The Morgan fingerprint density at radius 3 is 2.39 bits per heavy atom. The number of nitrogens with one attached hydrogen (secondary N) is 1. The van der Waals surface area contributed by atoms with E-state index in [0.29, 0.717) is 28.4 Å². The minimum Gasteiger partial charge on any atom is -0.495 e. The lowest BCUT2D eigenvalue weighted by Gasteiger charge is -2.19. The van der Waals surface area contributed by atoms with Gasteiger partial charge in [0.25, 0.3) is 11.5 Å². The normalized spacial score (nSPS) is 11.4. The Kier molecular flexibility index (Phi) is 6.65. The van der Waals surface area contributed by atoms with E-state index in [0.717, 1.165) is 10.1 Å². The molecule has 0 unspecified atom stereocenters. The zero-order chi connectivity index (χ0) is 26.0. The van der Waals surface area contributed by atoms with Gasteiger partial charge in [0.1, 0.15) is 18.1 Å². The Labute approximate surface area is 207 Å². The molecule has 4 rings (SSSR count). The molecule has 2 aromatic carbocycles. The predicted molar refractivity (Wildman–Crippen MR) is 134 cm³/mol. The monoisotopic (exact) mass is 489 g/mol. The molecule has 0 saturated carbocycles. The smallest absolute Gasteiger partial charge is 0.338 e. The molecule has 2 aromatic heterocycles. The van der Waals surface area contributed by atoms with Crippen LogP contribution in [0.25, 0.3) is 5.65 Å². The van der Waals surface area contributed by atoms with Gasteiger partial charge < -0.3 is 19.3 Å². The van der Waals surface area contributed by atoms with Crippen LogP contribution in [0.15, 0.2) is 63.9 Å². The average molecular weight is 490 g/mol. The molecule has 0 atom stereocenters. The summed E-state index contributed by atoms with van der Waals surface area (Å²) >= 11 is 0. The number of carbonyl (C=O) groups excluding carboxylic acids is 2. The van der Waals surface area contributed by atoms with E-state index in [1.54, 1.807) is 31.2 Å². The van der Waals surface area contributed by atoms with Gasteiger partial charge in [-0.05, 0) is 48.2 Å². The molecule has 9 heteroatoms. The van der Waals surface area contributed by atoms with E-state index in [9.17, 15) is 14.4 Å². The maximum Gasteiger partial charge on any atom is 0.338 e. The Balaban J connectivity index is 1.49. The average Bonchev–Trinajstić information content (AvgIpc) is 3.22. The van der Waals surface area contributed by atoms with Crippen molar-refractivity contribution in [1.29, 1.82) is 0 Å². The summed E-state index contributed by atoms with van der Waals surface area (Å²) in [7, 11) is 1.47. The van der Waals surface area contributed by atoms with Crippen LogP contribution in [0.2, 0.25) is 0 Å². The van der Waals surface area contributed by atoms with Crippen LogP contribution in [-0.2, 0) is 16.8 Å². The number of fused-ring (bicyclic) bond motifs is 1. The molecule has 0 aliphatic rings. The first-order valence-electron chi connectivity index (χ1n) is 11.3. The summed E-state index contributed by atoms with van der Waals surface area (Å²) < 4.78 is 17.0. The number of anilines is 1. The SMILES string of the molecule is COc1ccc(C(=O)OCc2cc(=O)n3oc(C)cc3n2)cc1NC(=O)c1ccc(C(C)(C)C)cc1. The highest BCUT2D eigenvalue weighted by Crippen LogP contribution is 2.27. The first-order chi connectivity index (χ1) is 17.0. The molecule has 1 N–H and O–H groups in total. The lowest BCUT2D eigenvalue weighted by Crippen LogP contribution is -2.16. The molecule has 0 fully saturated rings. The summed E-state index contributed by atoms with van der Waals surface area (Å²) in [6, 6.07) is 14.8. The highest BCUT2D eigenvalue weighted by molar-refractivity contribution is 6.05. The molecule has 0 bridgehead atoms. The number of rotatable bonds is 6. The van der Waals surface area contributed by atoms with Gasteiger partial charge in [-0.2, -0.15) is 0 Å². The summed E-state index contributed by atoms with van der Waals surface area (Å²) in [4.78, 5) is 42.0. The number of hydrogen-bond acceptors (Lipinski definition) is 7. The van der Waals surface area contributed by atoms with Gasteiger partial charge in [-0.3, -0.25) is 9.59 Å². The van der Waals surface area contributed by atoms with Crippen LogP contribution < -0.4 is 15.6 Å². The Morgan fingerprint density at radius 2 is 1.72 bits per heavy atom. The molecule has 36 heavy (non-hydrogen) atoms. The van der Waals surface area contributed by atoms with Crippen molar-refractivity contribution < 1.29 is 23.6 Å². The van der Waals surface area contributed by atoms with Crippen molar-refractivity contribution in [3.63, 3.8) is 0 Å². The van der Waals surface area contributed by atoms with E-state index in [1.807, 2.05) is 12.1 Å². The third-order valence-corrected chi connectivity index (χ3v) is 5.57. The van der Waals surface area contributed by atoms with Crippen molar-refractivity contribution in [2.45, 2.75) is 39.7 Å². The van der Waals surface area contributed by atoms with Crippen molar-refractivity contribution in [2.24, 2.45) is 0 Å². The van der Waals surface area contributed by atoms with E-state index in [2.05, 4.69) is 31.1 Å². The van der Waals surface area contributed by atoms with Crippen LogP contribution in [0.1, 0.15) is 58.5 Å². The van der Waals surface area contributed by atoms with Gasteiger partial charge in [0, 0.05) is 17.7 Å².